The van der Waals surface area contributed by atoms with Crippen LogP contribution in [0.5, 0.6) is 11.5 Å². The Morgan fingerprint density at radius 3 is 1.62 bits per heavy atom. The molecule has 4 fully saturated rings. The van der Waals surface area contributed by atoms with E-state index in [9.17, 15) is 19.5 Å². The third-order valence-corrected chi connectivity index (χ3v) is 19.6. The van der Waals surface area contributed by atoms with E-state index in [1.54, 1.807) is 6.92 Å². The minimum absolute atomic E-state index is 0.0548. The molecule has 0 saturated heterocycles. The van der Waals surface area contributed by atoms with Gasteiger partial charge in [-0.05, 0) is 158 Å². The standard InChI is InChI=1S/C59H90O7S2/c1-34(41-21-22-42-50-43(25-27-59(41,42)19)58(18)26-24-38(64-35(2)60)28-37(58)29-48(50)65-36(3)61)20-23-49(62)66-52-46(55(10,11)12)32-40(33-47(52)56(13,14)15)68-57(16,17)67-39-30-44(53(4,5)6)51(63)45(31-39)54(7,8)9/h30-34,37-38,41-43,48,50,63H,20-29H2,1-19H3/t34-,37-,38-,41-,42+,43+,48-,50+,58+,59-/m1/s1. The van der Waals surface area contributed by atoms with Gasteiger partial charge in [-0.25, -0.2) is 0 Å². The predicted molar refractivity (Wildman–Crippen MR) is 281 cm³/mol. The first kappa shape index (κ1) is 54.7. The van der Waals surface area contributed by atoms with E-state index in [1.807, 2.05) is 23.5 Å². The molecule has 0 heterocycles. The van der Waals surface area contributed by atoms with E-state index < -0.39 is 0 Å². The molecule has 7 nitrogen and oxygen atoms in total. The fourth-order valence-electron chi connectivity index (χ4n) is 13.8. The van der Waals surface area contributed by atoms with Crippen molar-refractivity contribution in [3.63, 3.8) is 0 Å². The fourth-order valence-corrected chi connectivity index (χ4v) is 16.4. The number of ether oxygens (including phenoxy) is 3. The number of fused-ring (bicyclic) bond motifs is 5. The zero-order valence-corrected chi connectivity index (χ0v) is 47.3. The molecule has 4 saturated carbocycles. The number of hydrogen-bond donors (Lipinski definition) is 1. The first-order valence-electron chi connectivity index (χ1n) is 26.1. The molecule has 1 N–H and O–H groups in total. The van der Waals surface area contributed by atoms with Crippen molar-refractivity contribution in [2.24, 2.45) is 46.3 Å². The molecule has 4 aliphatic carbocycles. The average molecular weight is 975 g/mol. The van der Waals surface area contributed by atoms with Gasteiger partial charge in [0, 0.05) is 58.2 Å². The van der Waals surface area contributed by atoms with Crippen LogP contribution in [0.3, 0.4) is 0 Å². The lowest BCUT2D eigenvalue weighted by Crippen LogP contribution is -2.59. The van der Waals surface area contributed by atoms with Crippen molar-refractivity contribution in [3.8, 4) is 11.5 Å². The molecule has 0 unspecified atom stereocenters. The van der Waals surface area contributed by atoms with Crippen LogP contribution in [0.1, 0.15) is 218 Å². The second-order valence-corrected chi connectivity index (χ2v) is 30.6. The molecular formula is C59H90O7S2. The lowest BCUT2D eigenvalue weighted by molar-refractivity contribution is -0.197. The molecule has 380 valence electrons. The van der Waals surface area contributed by atoms with Gasteiger partial charge in [0.25, 0.3) is 0 Å². The Kier molecular flexibility index (Phi) is 15.6. The van der Waals surface area contributed by atoms with Crippen LogP contribution in [0.2, 0.25) is 0 Å². The Morgan fingerprint density at radius 2 is 1.13 bits per heavy atom. The Morgan fingerprint density at radius 1 is 0.662 bits per heavy atom. The number of rotatable bonds is 11. The second-order valence-electron chi connectivity index (χ2n) is 26.9. The third-order valence-electron chi connectivity index (χ3n) is 17.1. The molecule has 0 aliphatic heterocycles. The van der Waals surface area contributed by atoms with Crippen molar-refractivity contribution >= 4 is 41.4 Å². The largest absolute Gasteiger partial charge is 0.507 e. The van der Waals surface area contributed by atoms with Gasteiger partial charge in [0.2, 0.25) is 0 Å². The average Bonchev–Trinajstić information content (AvgIpc) is 3.53. The summed E-state index contributed by atoms with van der Waals surface area (Å²) < 4.78 is 18.4. The van der Waals surface area contributed by atoms with Crippen molar-refractivity contribution in [3.05, 3.63) is 46.5 Å². The lowest BCUT2D eigenvalue weighted by atomic mass is 9.43. The Hall–Kier alpha value is -2.65. The van der Waals surface area contributed by atoms with Gasteiger partial charge in [-0.3, -0.25) is 14.4 Å². The molecule has 0 bridgehead atoms. The highest BCUT2D eigenvalue weighted by Crippen LogP contribution is 2.69. The van der Waals surface area contributed by atoms with Gasteiger partial charge in [-0.2, -0.15) is 0 Å². The van der Waals surface area contributed by atoms with E-state index in [0.29, 0.717) is 53.4 Å². The highest BCUT2D eigenvalue weighted by Gasteiger charge is 2.64. The zero-order valence-electron chi connectivity index (χ0n) is 45.7. The summed E-state index contributed by atoms with van der Waals surface area (Å²) in [5, 5.41) is 11.4. The third kappa shape index (κ3) is 11.7. The summed E-state index contributed by atoms with van der Waals surface area (Å²) in [6.07, 6.45) is 9.11. The quantitative estimate of drug-likeness (QED) is 0.102. The maximum Gasteiger partial charge on any atom is 0.311 e. The summed E-state index contributed by atoms with van der Waals surface area (Å²) in [6.45, 7) is 41.2. The Balaban J connectivity index is 1.19. The summed E-state index contributed by atoms with van der Waals surface area (Å²) in [7, 11) is 0. The van der Waals surface area contributed by atoms with Crippen molar-refractivity contribution in [1.82, 2.24) is 0 Å². The SMILES string of the molecule is CC(=O)O[C@@H]1CC[C@@]2(C)[C@H](C1)C[C@@H](OC(C)=O)[C@@H]1[C@@H]2CC[C@]2(C)[C@@H]([C@H](C)CCC(=O)Oc3c(C(C)(C)C)cc(SC(C)(C)Sc4cc(C(C)(C)C)c(O)c(C(C)(C)C)c4)cc3C(C)(C)C)CC[C@@H]12. The maximum atomic E-state index is 14.2. The maximum absolute atomic E-state index is 14.2. The monoisotopic (exact) mass is 975 g/mol. The van der Waals surface area contributed by atoms with Crippen LogP contribution < -0.4 is 4.74 Å². The summed E-state index contributed by atoms with van der Waals surface area (Å²) >= 11 is 3.66. The van der Waals surface area contributed by atoms with Crippen LogP contribution in [0.25, 0.3) is 0 Å². The van der Waals surface area contributed by atoms with Crippen LogP contribution in [0, 0.1) is 46.3 Å². The molecule has 4 aliphatic rings. The van der Waals surface area contributed by atoms with E-state index in [0.717, 1.165) is 89.8 Å². The second kappa shape index (κ2) is 19.4. The number of carbonyl (C=O) groups excluding carboxylic acids is 3. The number of phenolic OH excluding ortho intramolecular Hbond substituents is 1. The van der Waals surface area contributed by atoms with Crippen molar-refractivity contribution < 1.29 is 33.7 Å². The van der Waals surface area contributed by atoms with Gasteiger partial charge in [-0.15, -0.1) is 23.5 Å². The van der Waals surface area contributed by atoms with Gasteiger partial charge in [0.15, 0.2) is 0 Å². The number of esters is 3. The van der Waals surface area contributed by atoms with E-state index in [-0.39, 0.29) is 66.7 Å². The zero-order chi connectivity index (χ0) is 50.9. The number of hydrogen-bond acceptors (Lipinski definition) is 9. The number of phenols is 1. The molecule has 2 aromatic rings. The summed E-state index contributed by atoms with van der Waals surface area (Å²) in [6, 6.07) is 8.85. The first-order chi connectivity index (χ1) is 31.0. The minimum Gasteiger partial charge on any atom is -0.507 e. The molecule has 0 aromatic heterocycles. The summed E-state index contributed by atoms with van der Waals surface area (Å²) in [5.41, 5.74) is 3.25. The van der Waals surface area contributed by atoms with E-state index in [2.05, 4.69) is 142 Å². The van der Waals surface area contributed by atoms with Gasteiger partial charge in [-0.1, -0.05) is 104 Å². The number of thioether (sulfide) groups is 2. The number of carbonyl (C=O) groups is 3. The van der Waals surface area contributed by atoms with Gasteiger partial charge in [0.05, 0.1) is 4.08 Å². The molecule has 0 amide bonds. The summed E-state index contributed by atoms with van der Waals surface area (Å²) in [5.74, 6) is 2.93. The normalized spacial score (nSPS) is 29.3. The van der Waals surface area contributed by atoms with Crippen LogP contribution in [0.4, 0.5) is 0 Å². The highest BCUT2D eigenvalue weighted by atomic mass is 32.2. The van der Waals surface area contributed by atoms with E-state index >= 15 is 0 Å². The molecule has 0 spiro atoms. The van der Waals surface area contributed by atoms with E-state index in [1.165, 1.54) is 6.92 Å². The smallest absolute Gasteiger partial charge is 0.311 e. The molecule has 9 heteroatoms. The number of benzene rings is 2. The summed E-state index contributed by atoms with van der Waals surface area (Å²) in [4.78, 5) is 41.1. The first-order valence-corrected chi connectivity index (χ1v) is 27.7. The van der Waals surface area contributed by atoms with Crippen LogP contribution >= 0.6 is 23.5 Å². The molecule has 0 radical (unpaired) electrons. The van der Waals surface area contributed by atoms with Crippen LogP contribution in [0.15, 0.2) is 34.1 Å². The highest BCUT2D eigenvalue weighted by molar-refractivity contribution is 8.18. The fraction of sp³-hybridized carbons (Fsp3) is 0.746. The Bertz CT molecular complexity index is 2130. The lowest BCUT2D eigenvalue weighted by Gasteiger charge is -2.62. The Labute approximate surface area is 420 Å². The van der Waals surface area contributed by atoms with Gasteiger partial charge >= 0.3 is 17.9 Å². The molecular weight excluding hydrogens is 885 g/mol. The van der Waals surface area contributed by atoms with Crippen molar-refractivity contribution in [2.45, 2.75) is 243 Å². The molecule has 10 atom stereocenters. The van der Waals surface area contributed by atoms with Gasteiger partial charge < -0.3 is 19.3 Å². The molecule has 6 rings (SSSR count). The predicted octanol–water partition coefficient (Wildman–Crippen LogP) is 15.7. The minimum atomic E-state index is -0.287. The van der Waals surface area contributed by atoms with Gasteiger partial charge in [0.1, 0.15) is 23.7 Å². The van der Waals surface area contributed by atoms with Crippen molar-refractivity contribution in [2.75, 3.05) is 0 Å². The van der Waals surface area contributed by atoms with E-state index in [4.69, 9.17) is 14.2 Å². The molecule has 2 aromatic carbocycles. The van der Waals surface area contributed by atoms with Crippen molar-refractivity contribution in [1.29, 1.82) is 0 Å². The topological polar surface area (TPSA) is 99.1 Å². The molecule has 68 heavy (non-hydrogen) atoms. The van der Waals surface area contributed by atoms with Crippen LogP contribution in [-0.4, -0.2) is 39.3 Å². The number of aromatic hydroxyl groups is 1. The van der Waals surface area contributed by atoms with Crippen LogP contribution in [-0.2, 0) is 45.5 Å².